The molecule has 0 amide bonds. The van der Waals surface area contributed by atoms with Crippen LogP contribution in [0.5, 0.6) is 0 Å². The van der Waals surface area contributed by atoms with E-state index in [-0.39, 0.29) is 6.04 Å². The molecule has 3 atom stereocenters. The van der Waals surface area contributed by atoms with Crippen LogP contribution in [0.1, 0.15) is 32.3 Å². The van der Waals surface area contributed by atoms with Crippen LogP contribution in [0, 0.1) is 11.8 Å². The van der Waals surface area contributed by atoms with Gasteiger partial charge in [0.1, 0.15) is 6.17 Å². The van der Waals surface area contributed by atoms with Crippen molar-refractivity contribution in [1.82, 2.24) is 4.90 Å². The summed E-state index contributed by atoms with van der Waals surface area (Å²) in [6.07, 6.45) is 0.596. The van der Waals surface area contributed by atoms with Crippen molar-refractivity contribution in [3.05, 3.63) is 28.7 Å². The normalized spacial score (nSPS) is 26.8. The van der Waals surface area contributed by atoms with E-state index in [2.05, 4.69) is 17.2 Å². The predicted molar refractivity (Wildman–Crippen MR) is 97.9 cm³/mol. The molecule has 1 N–H and O–H groups in total. The standard InChI is InChI=1S/C19H23FN2OS/c1-4-7-18-13(5-2)14-8-6-9-17(19(14)24(18)23)21-16-10-11-22(3)12-15(16)20/h6,8-9,15-16,21H,5,10-12H2,1-3H3/t15-,16+,24?/m0/s1. The Hall–Kier alpha value is -1.64. The van der Waals surface area contributed by atoms with Crippen LogP contribution in [0.25, 0.3) is 5.57 Å². The van der Waals surface area contributed by atoms with Crippen molar-refractivity contribution in [2.75, 3.05) is 25.5 Å². The quantitative estimate of drug-likeness (QED) is 0.852. The minimum atomic E-state index is -1.29. The molecule has 1 unspecified atom stereocenters. The lowest BCUT2D eigenvalue weighted by molar-refractivity contribution is 0.149. The number of anilines is 1. The molecule has 5 heteroatoms. The van der Waals surface area contributed by atoms with E-state index in [1.165, 1.54) is 0 Å². The number of likely N-dealkylation sites (tertiary alicyclic amines) is 1. The van der Waals surface area contributed by atoms with Gasteiger partial charge in [-0.25, -0.2) is 8.60 Å². The van der Waals surface area contributed by atoms with Crippen molar-refractivity contribution >= 4 is 22.1 Å². The number of piperidine rings is 1. The van der Waals surface area contributed by atoms with Gasteiger partial charge in [0.2, 0.25) is 0 Å². The van der Waals surface area contributed by atoms with Crippen LogP contribution in [-0.2, 0) is 10.8 Å². The molecule has 0 radical (unpaired) electrons. The van der Waals surface area contributed by atoms with Gasteiger partial charge in [-0.05, 0) is 44.0 Å². The Balaban J connectivity index is 1.94. The molecule has 1 saturated heterocycles. The second-order valence-electron chi connectivity index (χ2n) is 6.30. The highest BCUT2D eigenvalue weighted by atomic mass is 32.2. The molecule has 2 aliphatic heterocycles. The molecule has 0 bridgehead atoms. The van der Waals surface area contributed by atoms with Gasteiger partial charge >= 0.3 is 0 Å². The monoisotopic (exact) mass is 346 g/mol. The van der Waals surface area contributed by atoms with E-state index in [1.807, 2.05) is 37.1 Å². The first-order valence-electron chi connectivity index (χ1n) is 8.37. The van der Waals surface area contributed by atoms with E-state index < -0.39 is 17.0 Å². The first-order chi connectivity index (χ1) is 11.6. The molecule has 1 aromatic rings. The van der Waals surface area contributed by atoms with E-state index in [0.29, 0.717) is 11.4 Å². The number of alkyl halides is 1. The third-order valence-electron chi connectivity index (χ3n) is 4.66. The molecule has 3 nitrogen and oxygen atoms in total. The topological polar surface area (TPSA) is 32.3 Å². The second kappa shape index (κ2) is 7.08. The summed E-state index contributed by atoms with van der Waals surface area (Å²) in [5, 5.41) is 3.32. The van der Waals surface area contributed by atoms with Gasteiger partial charge in [0.15, 0.2) is 0 Å². The minimum absolute atomic E-state index is 0.240. The van der Waals surface area contributed by atoms with E-state index >= 15 is 0 Å². The van der Waals surface area contributed by atoms with Gasteiger partial charge in [-0.15, -0.1) is 5.92 Å². The van der Waals surface area contributed by atoms with Crippen LogP contribution in [0.2, 0.25) is 0 Å². The number of rotatable bonds is 3. The van der Waals surface area contributed by atoms with Crippen molar-refractivity contribution in [2.24, 2.45) is 0 Å². The molecular weight excluding hydrogens is 323 g/mol. The first kappa shape index (κ1) is 17.2. The lowest BCUT2D eigenvalue weighted by Gasteiger charge is -2.33. The van der Waals surface area contributed by atoms with E-state index in [9.17, 15) is 8.60 Å². The van der Waals surface area contributed by atoms with E-state index in [4.69, 9.17) is 0 Å². The highest BCUT2D eigenvalue weighted by molar-refractivity contribution is 7.90. The number of allylic oxidation sites excluding steroid dienone is 2. The smallest absolute Gasteiger partial charge is 0.133 e. The zero-order chi connectivity index (χ0) is 17.3. The van der Waals surface area contributed by atoms with Crippen molar-refractivity contribution in [3.8, 4) is 11.8 Å². The van der Waals surface area contributed by atoms with Gasteiger partial charge in [0, 0.05) is 13.1 Å². The predicted octanol–water partition coefficient (Wildman–Crippen LogP) is 3.41. The molecule has 128 valence electrons. The highest BCUT2D eigenvalue weighted by Gasteiger charge is 2.32. The molecule has 0 aliphatic carbocycles. The summed E-state index contributed by atoms with van der Waals surface area (Å²) in [4.78, 5) is 3.46. The lowest BCUT2D eigenvalue weighted by atomic mass is 10.0. The van der Waals surface area contributed by atoms with Crippen molar-refractivity contribution < 1.29 is 8.60 Å². The fourth-order valence-electron chi connectivity index (χ4n) is 3.43. The van der Waals surface area contributed by atoms with Gasteiger partial charge in [-0.1, -0.05) is 25.0 Å². The van der Waals surface area contributed by atoms with Crippen LogP contribution in [0.15, 0.2) is 28.0 Å². The molecule has 0 saturated carbocycles. The molecule has 24 heavy (non-hydrogen) atoms. The van der Waals surface area contributed by atoms with Crippen LogP contribution in [-0.4, -0.2) is 41.5 Å². The summed E-state index contributed by atoms with van der Waals surface area (Å²) >= 11 is 0. The van der Waals surface area contributed by atoms with Gasteiger partial charge < -0.3 is 10.2 Å². The average Bonchev–Trinajstić information content (AvgIpc) is 2.83. The van der Waals surface area contributed by atoms with Crippen LogP contribution < -0.4 is 5.32 Å². The van der Waals surface area contributed by atoms with Crippen molar-refractivity contribution in [2.45, 2.75) is 43.8 Å². The zero-order valence-corrected chi connectivity index (χ0v) is 15.2. The Bertz CT molecular complexity index is 762. The maximum atomic E-state index is 14.4. The first-order valence-corrected chi connectivity index (χ1v) is 9.52. The number of nitrogens with zero attached hydrogens (tertiary/aromatic N) is 1. The Labute approximate surface area is 145 Å². The fourth-order valence-corrected chi connectivity index (χ4v) is 5.02. The van der Waals surface area contributed by atoms with Crippen molar-refractivity contribution in [1.29, 1.82) is 0 Å². The van der Waals surface area contributed by atoms with Gasteiger partial charge in [0.25, 0.3) is 0 Å². The number of hydrogen-bond acceptors (Lipinski definition) is 3. The summed E-state index contributed by atoms with van der Waals surface area (Å²) in [5.41, 5.74) is 2.81. The van der Waals surface area contributed by atoms with Crippen molar-refractivity contribution in [3.63, 3.8) is 0 Å². The number of fused-ring (bicyclic) bond motifs is 1. The Morgan fingerprint density at radius 2 is 2.25 bits per heavy atom. The SMILES string of the molecule is CC#CC1=C(CC)c2cccc(N[C@@H]3CCN(C)C[C@@H]3F)c2S1=O. The van der Waals surface area contributed by atoms with Gasteiger partial charge in [0.05, 0.1) is 32.3 Å². The second-order valence-corrected chi connectivity index (χ2v) is 7.66. The molecule has 2 aliphatic rings. The fraction of sp³-hybridized carbons (Fsp3) is 0.474. The number of benzene rings is 1. The van der Waals surface area contributed by atoms with E-state index in [1.54, 1.807) is 6.92 Å². The van der Waals surface area contributed by atoms with Gasteiger partial charge in [-0.3, -0.25) is 0 Å². The summed E-state index contributed by atoms with van der Waals surface area (Å²) in [6.45, 7) is 5.10. The Morgan fingerprint density at radius 1 is 1.46 bits per heavy atom. The zero-order valence-electron chi connectivity index (χ0n) is 14.4. The summed E-state index contributed by atoms with van der Waals surface area (Å²) in [5.74, 6) is 5.87. The summed E-state index contributed by atoms with van der Waals surface area (Å²) in [7, 11) is 0.647. The molecule has 1 aromatic carbocycles. The lowest BCUT2D eigenvalue weighted by Crippen LogP contribution is -2.46. The minimum Gasteiger partial charge on any atom is -0.378 e. The van der Waals surface area contributed by atoms with Crippen LogP contribution in [0.4, 0.5) is 10.1 Å². The molecular formula is C19H23FN2OS. The molecule has 0 spiro atoms. The molecule has 2 heterocycles. The average molecular weight is 346 g/mol. The Kier molecular flexibility index (Phi) is 5.07. The molecule has 3 rings (SSSR count). The maximum Gasteiger partial charge on any atom is 0.133 e. The molecule has 0 aromatic heterocycles. The largest absolute Gasteiger partial charge is 0.378 e. The van der Waals surface area contributed by atoms with Crippen LogP contribution in [0.3, 0.4) is 0 Å². The van der Waals surface area contributed by atoms with Gasteiger partial charge in [-0.2, -0.15) is 0 Å². The number of halogens is 1. The third-order valence-corrected chi connectivity index (χ3v) is 6.19. The summed E-state index contributed by atoms with van der Waals surface area (Å²) in [6, 6.07) is 5.59. The number of hydrogen-bond donors (Lipinski definition) is 1. The van der Waals surface area contributed by atoms with Crippen LogP contribution >= 0.6 is 0 Å². The number of nitrogens with one attached hydrogen (secondary N) is 1. The Morgan fingerprint density at radius 3 is 2.92 bits per heavy atom. The maximum absolute atomic E-state index is 14.4. The highest BCUT2D eigenvalue weighted by Crippen LogP contribution is 2.42. The summed E-state index contributed by atoms with van der Waals surface area (Å²) < 4.78 is 27.3. The molecule has 1 fully saturated rings. The third kappa shape index (κ3) is 3.01. The van der Waals surface area contributed by atoms with E-state index in [0.717, 1.165) is 41.1 Å².